The third-order valence-corrected chi connectivity index (χ3v) is 7.32. The fraction of sp³-hybridized carbons (Fsp3) is 0.0588. The van der Waals surface area contributed by atoms with Gasteiger partial charge in [-0.05, 0) is 35.9 Å². The molecule has 0 aliphatic rings. The van der Waals surface area contributed by atoms with Crippen LogP contribution in [0.3, 0.4) is 0 Å². The number of benzene rings is 3. The van der Waals surface area contributed by atoms with Gasteiger partial charge in [0.1, 0.15) is 10.6 Å². The van der Waals surface area contributed by atoms with Gasteiger partial charge in [-0.1, -0.05) is 34.7 Å². The van der Waals surface area contributed by atoms with Gasteiger partial charge in [0.05, 0.1) is 22.6 Å². The molecule has 0 saturated heterocycles. The van der Waals surface area contributed by atoms with Gasteiger partial charge in [0.25, 0.3) is 20.2 Å². The van der Waals surface area contributed by atoms with Crippen molar-refractivity contribution >= 4 is 71.3 Å². The molecule has 8 nitrogen and oxygen atoms in total. The van der Waals surface area contributed by atoms with Gasteiger partial charge >= 0.3 is 0 Å². The Hall–Kier alpha value is -1.58. The standard InChI is InChI=1S/C17H14INO7S3/c18-9-10-1-3-11(4-2-10)27-26-16-8-12(28(20,21)22)7-14-13(16)5-6-15(19)17(14)29(23,24)25/h1-8H,9,19H2,(H,20,21,22)(H,23,24,25). The van der Waals surface area contributed by atoms with Crippen molar-refractivity contribution in [3.05, 3.63) is 54.1 Å². The lowest BCUT2D eigenvalue weighted by atomic mass is 10.1. The second kappa shape index (κ2) is 8.28. The Kier molecular flexibility index (Phi) is 6.31. The topological polar surface area (TPSA) is 144 Å². The lowest BCUT2D eigenvalue weighted by molar-refractivity contribution is 0.480. The molecule has 0 spiro atoms. The number of fused-ring (bicyclic) bond motifs is 1. The maximum atomic E-state index is 11.8. The quantitative estimate of drug-likeness (QED) is 0.133. The minimum Gasteiger partial charge on any atom is -0.420 e. The third-order valence-electron chi connectivity index (χ3n) is 3.91. The van der Waals surface area contributed by atoms with Gasteiger partial charge in [-0.3, -0.25) is 9.11 Å². The molecule has 0 bridgehead atoms. The van der Waals surface area contributed by atoms with E-state index >= 15 is 0 Å². The summed E-state index contributed by atoms with van der Waals surface area (Å²) in [6, 6.07) is 12.1. The lowest BCUT2D eigenvalue weighted by Crippen LogP contribution is -2.06. The molecule has 154 valence electrons. The van der Waals surface area contributed by atoms with Crippen LogP contribution in [0.25, 0.3) is 10.8 Å². The lowest BCUT2D eigenvalue weighted by Gasteiger charge is -2.13. The number of anilines is 1. The summed E-state index contributed by atoms with van der Waals surface area (Å²) in [6.07, 6.45) is 0. The van der Waals surface area contributed by atoms with Crippen LogP contribution in [0.4, 0.5) is 5.69 Å². The summed E-state index contributed by atoms with van der Waals surface area (Å²) >= 11 is 3.15. The average molecular weight is 567 g/mol. The number of hydrogen-bond acceptors (Lipinski definition) is 7. The Morgan fingerprint density at radius 1 is 0.931 bits per heavy atom. The third kappa shape index (κ3) is 4.95. The molecule has 0 radical (unpaired) electrons. The number of rotatable bonds is 6. The molecular weight excluding hydrogens is 553 g/mol. The molecule has 3 aromatic carbocycles. The zero-order valence-electron chi connectivity index (χ0n) is 14.4. The molecule has 3 aromatic rings. The number of nitrogen functional groups attached to an aromatic ring is 1. The largest absolute Gasteiger partial charge is 0.420 e. The zero-order valence-corrected chi connectivity index (χ0v) is 19.0. The first-order valence-corrected chi connectivity index (χ1v) is 13.0. The second-order valence-corrected chi connectivity index (χ2v) is 10.2. The molecule has 0 atom stereocenters. The van der Waals surface area contributed by atoms with Crippen molar-refractivity contribution in [2.45, 2.75) is 19.1 Å². The fourth-order valence-electron chi connectivity index (χ4n) is 2.60. The van der Waals surface area contributed by atoms with Crippen molar-refractivity contribution in [2.75, 3.05) is 5.73 Å². The first-order valence-electron chi connectivity index (χ1n) is 7.81. The van der Waals surface area contributed by atoms with Gasteiger partial charge in [-0.25, -0.2) is 0 Å². The fourth-order valence-corrected chi connectivity index (χ4v) is 5.01. The maximum Gasteiger partial charge on any atom is 0.297 e. The van der Waals surface area contributed by atoms with Crippen LogP contribution in [-0.4, -0.2) is 25.9 Å². The number of alkyl halides is 1. The first kappa shape index (κ1) is 22.1. The van der Waals surface area contributed by atoms with Gasteiger partial charge in [-0.15, -0.1) is 0 Å². The second-order valence-electron chi connectivity index (χ2n) is 5.89. The summed E-state index contributed by atoms with van der Waals surface area (Å²) in [4.78, 5) is -0.549. The van der Waals surface area contributed by atoms with Gasteiger partial charge < -0.3 is 9.92 Å². The summed E-state index contributed by atoms with van der Waals surface area (Å²) in [5, 5.41) is -0.00547. The van der Waals surface area contributed by atoms with Crippen LogP contribution in [-0.2, 0) is 24.7 Å². The summed E-state index contributed by atoms with van der Waals surface area (Å²) < 4.78 is 72.4. The normalized spacial score (nSPS) is 12.2. The summed E-state index contributed by atoms with van der Waals surface area (Å²) in [5.41, 5.74) is 6.51. The molecule has 12 heteroatoms. The highest BCUT2D eigenvalue weighted by Gasteiger charge is 2.23. The predicted octanol–water partition coefficient (Wildman–Crippen LogP) is 3.94. The summed E-state index contributed by atoms with van der Waals surface area (Å²) in [5.74, 6) is -0.0250. The number of hydrogen-bond donors (Lipinski definition) is 3. The molecule has 0 fully saturated rings. The van der Waals surface area contributed by atoms with Crippen molar-refractivity contribution in [3.63, 3.8) is 0 Å². The van der Waals surface area contributed by atoms with E-state index in [1.807, 2.05) is 24.3 Å². The van der Waals surface area contributed by atoms with Crippen molar-refractivity contribution in [1.29, 1.82) is 0 Å². The van der Waals surface area contributed by atoms with Gasteiger partial charge in [0.2, 0.25) is 0 Å². The van der Waals surface area contributed by atoms with Crippen molar-refractivity contribution in [2.24, 2.45) is 0 Å². The van der Waals surface area contributed by atoms with Crippen LogP contribution < -0.4 is 9.92 Å². The molecule has 0 saturated carbocycles. The molecule has 0 aliphatic heterocycles. The average Bonchev–Trinajstić information content (AvgIpc) is 2.64. The van der Waals surface area contributed by atoms with Crippen molar-refractivity contribution in [1.82, 2.24) is 0 Å². The minimum atomic E-state index is -4.78. The zero-order chi connectivity index (χ0) is 21.4. The van der Waals surface area contributed by atoms with E-state index in [-0.39, 0.29) is 22.2 Å². The summed E-state index contributed by atoms with van der Waals surface area (Å²) in [6.45, 7) is 0. The van der Waals surface area contributed by atoms with E-state index in [9.17, 15) is 25.9 Å². The maximum absolute atomic E-state index is 11.8. The van der Waals surface area contributed by atoms with Crippen LogP contribution in [0, 0.1) is 0 Å². The first-order chi connectivity index (χ1) is 13.5. The number of halogens is 1. The van der Waals surface area contributed by atoms with E-state index < -0.39 is 30.0 Å². The van der Waals surface area contributed by atoms with Gasteiger partial charge in [-0.2, -0.15) is 16.8 Å². The SMILES string of the molecule is Nc1ccc2c(OSc3ccc(CI)cc3)cc(S(=O)(=O)O)cc2c1S(=O)(=O)O. The monoisotopic (exact) mass is 567 g/mol. The minimum absolute atomic E-state index is 0.0250. The molecule has 4 N–H and O–H groups in total. The van der Waals surface area contributed by atoms with Crippen molar-refractivity contribution in [3.8, 4) is 5.75 Å². The Bertz CT molecular complexity index is 1290. The van der Waals surface area contributed by atoms with Crippen LogP contribution >= 0.6 is 34.6 Å². The van der Waals surface area contributed by atoms with E-state index in [2.05, 4.69) is 22.6 Å². The molecule has 3 rings (SSSR count). The highest BCUT2D eigenvalue weighted by molar-refractivity contribution is 14.1. The van der Waals surface area contributed by atoms with Crippen molar-refractivity contribution < 1.29 is 30.1 Å². The van der Waals surface area contributed by atoms with E-state index in [4.69, 9.17) is 9.92 Å². The van der Waals surface area contributed by atoms with Crippen LogP contribution in [0.5, 0.6) is 5.75 Å². The van der Waals surface area contributed by atoms with Crippen LogP contribution in [0.2, 0.25) is 0 Å². The molecule has 29 heavy (non-hydrogen) atoms. The van der Waals surface area contributed by atoms with Crippen LogP contribution in [0.1, 0.15) is 5.56 Å². The molecular formula is C17H14INO7S3. The molecule has 0 heterocycles. The highest BCUT2D eigenvalue weighted by atomic mass is 127. The number of nitrogens with two attached hydrogens (primary N) is 1. The van der Waals surface area contributed by atoms with E-state index in [0.29, 0.717) is 0 Å². The Labute approximate surface area is 185 Å². The van der Waals surface area contributed by atoms with Gasteiger partial charge in [0, 0.05) is 26.2 Å². The van der Waals surface area contributed by atoms with Gasteiger partial charge in [0.15, 0.2) is 0 Å². The van der Waals surface area contributed by atoms with E-state index in [0.717, 1.165) is 39.1 Å². The van der Waals surface area contributed by atoms with E-state index in [1.165, 1.54) is 12.1 Å². The van der Waals surface area contributed by atoms with E-state index in [1.54, 1.807) is 0 Å². The molecule has 0 aliphatic carbocycles. The molecule has 0 unspecified atom stereocenters. The predicted molar refractivity (Wildman–Crippen MR) is 119 cm³/mol. The molecule has 0 aromatic heterocycles. The summed E-state index contributed by atoms with van der Waals surface area (Å²) in [7, 11) is -9.47. The highest BCUT2D eigenvalue weighted by Crippen LogP contribution is 2.38. The Morgan fingerprint density at radius 3 is 2.14 bits per heavy atom. The Balaban J connectivity index is 2.17. The molecule has 0 amide bonds. The smallest absolute Gasteiger partial charge is 0.297 e. The van der Waals surface area contributed by atoms with Crippen LogP contribution in [0.15, 0.2) is 63.2 Å². The Morgan fingerprint density at radius 2 is 1.59 bits per heavy atom.